The molecule has 1 aromatic heterocycles. The smallest absolute Gasteiger partial charge is 0.0420 e. The maximum absolute atomic E-state index is 4.48. The summed E-state index contributed by atoms with van der Waals surface area (Å²) in [6.07, 6.45) is 4.28. The Balaban J connectivity index is 1.98. The van der Waals surface area contributed by atoms with Crippen LogP contribution in [-0.2, 0) is 6.42 Å². The summed E-state index contributed by atoms with van der Waals surface area (Å²) in [5.41, 5.74) is 1.19. The van der Waals surface area contributed by atoms with E-state index >= 15 is 0 Å². The van der Waals surface area contributed by atoms with Gasteiger partial charge in [-0.2, -0.15) is 11.8 Å². The number of hydrogen-bond acceptors (Lipinski definition) is 3. The summed E-state index contributed by atoms with van der Waals surface area (Å²) >= 11 is 5.51. The summed E-state index contributed by atoms with van der Waals surface area (Å²) in [5, 5.41) is 3.62. The van der Waals surface area contributed by atoms with E-state index in [1.807, 2.05) is 6.20 Å². The van der Waals surface area contributed by atoms with Crippen LogP contribution >= 0.6 is 27.7 Å². The van der Waals surface area contributed by atoms with Crippen LogP contribution in [0.2, 0.25) is 0 Å². The molecule has 2 atom stereocenters. The van der Waals surface area contributed by atoms with Crippen LogP contribution in [0.5, 0.6) is 0 Å². The van der Waals surface area contributed by atoms with E-state index in [4.69, 9.17) is 0 Å². The van der Waals surface area contributed by atoms with Crippen molar-refractivity contribution in [2.45, 2.75) is 25.8 Å². The van der Waals surface area contributed by atoms with Gasteiger partial charge in [0.2, 0.25) is 0 Å². The number of nitrogens with one attached hydrogen (secondary N) is 1. The van der Waals surface area contributed by atoms with Gasteiger partial charge < -0.3 is 5.32 Å². The lowest BCUT2D eigenvalue weighted by Crippen LogP contribution is -2.38. The Bertz CT molecular complexity index is 336. The van der Waals surface area contributed by atoms with Crippen molar-refractivity contribution in [3.8, 4) is 0 Å². The maximum atomic E-state index is 4.48. The fourth-order valence-corrected chi connectivity index (χ4v) is 3.86. The Morgan fingerprint density at radius 2 is 2.47 bits per heavy atom. The van der Waals surface area contributed by atoms with Crippen LogP contribution in [0.3, 0.4) is 0 Å². The molecule has 94 valence electrons. The van der Waals surface area contributed by atoms with Gasteiger partial charge in [0.05, 0.1) is 0 Å². The standard InChI is InChI=1S/C13H19BrN2S/c1-2-15-13(10-5-6-17-9-10)7-12-4-3-11(14)8-16-12/h3-4,8,10,13,15H,2,5-7,9H2,1H3. The second-order valence-electron chi connectivity index (χ2n) is 4.46. The molecule has 0 saturated carbocycles. The predicted octanol–water partition coefficient (Wildman–Crippen LogP) is 3.12. The van der Waals surface area contributed by atoms with E-state index in [2.05, 4.69) is 57.0 Å². The van der Waals surface area contributed by atoms with E-state index in [9.17, 15) is 0 Å². The molecule has 0 spiro atoms. The van der Waals surface area contributed by atoms with Gasteiger partial charge in [0, 0.05) is 28.8 Å². The van der Waals surface area contributed by atoms with Gasteiger partial charge in [-0.3, -0.25) is 4.98 Å². The van der Waals surface area contributed by atoms with E-state index in [-0.39, 0.29) is 0 Å². The first kappa shape index (κ1) is 13.4. The van der Waals surface area contributed by atoms with Gasteiger partial charge in [-0.25, -0.2) is 0 Å². The molecule has 1 saturated heterocycles. The highest BCUT2D eigenvalue weighted by molar-refractivity contribution is 9.10. The number of aromatic nitrogens is 1. The Morgan fingerprint density at radius 1 is 1.59 bits per heavy atom. The van der Waals surface area contributed by atoms with Crippen molar-refractivity contribution >= 4 is 27.7 Å². The number of nitrogens with zero attached hydrogens (tertiary/aromatic N) is 1. The molecule has 0 aliphatic carbocycles. The zero-order valence-electron chi connectivity index (χ0n) is 10.2. The van der Waals surface area contributed by atoms with Crippen LogP contribution in [0.25, 0.3) is 0 Å². The van der Waals surface area contributed by atoms with Gasteiger partial charge in [-0.05, 0) is 58.5 Å². The summed E-state index contributed by atoms with van der Waals surface area (Å²) in [6.45, 7) is 3.23. The molecule has 1 fully saturated rings. The molecular formula is C13H19BrN2S. The lowest BCUT2D eigenvalue weighted by molar-refractivity contribution is 0.384. The molecule has 0 radical (unpaired) electrons. The molecule has 1 aliphatic heterocycles. The molecule has 1 N–H and O–H groups in total. The van der Waals surface area contributed by atoms with E-state index in [0.29, 0.717) is 6.04 Å². The number of likely N-dealkylation sites (N-methyl/N-ethyl adjacent to an activating group) is 1. The number of hydrogen-bond donors (Lipinski definition) is 1. The van der Waals surface area contributed by atoms with Crippen molar-refractivity contribution in [1.82, 2.24) is 10.3 Å². The highest BCUT2D eigenvalue weighted by Gasteiger charge is 2.25. The third-order valence-electron chi connectivity index (χ3n) is 3.22. The molecular weight excluding hydrogens is 296 g/mol. The van der Waals surface area contributed by atoms with Crippen LogP contribution < -0.4 is 5.32 Å². The Labute approximate surface area is 116 Å². The van der Waals surface area contributed by atoms with Crippen molar-refractivity contribution in [2.24, 2.45) is 5.92 Å². The molecule has 2 heterocycles. The summed E-state index contributed by atoms with van der Waals surface area (Å²) in [7, 11) is 0. The molecule has 0 aromatic carbocycles. The highest BCUT2D eigenvalue weighted by atomic mass is 79.9. The minimum absolute atomic E-state index is 0.587. The second kappa shape index (κ2) is 6.76. The number of halogens is 1. The monoisotopic (exact) mass is 314 g/mol. The lowest BCUT2D eigenvalue weighted by atomic mass is 9.95. The van der Waals surface area contributed by atoms with Crippen molar-refractivity contribution in [3.63, 3.8) is 0 Å². The Hall–Kier alpha value is -0.0600. The largest absolute Gasteiger partial charge is 0.314 e. The van der Waals surface area contributed by atoms with Gasteiger partial charge in [0.15, 0.2) is 0 Å². The molecule has 1 aliphatic rings. The first-order chi connectivity index (χ1) is 8.29. The average molecular weight is 315 g/mol. The van der Waals surface area contributed by atoms with Crippen LogP contribution in [0, 0.1) is 5.92 Å². The van der Waals surface area contributed by atoms with E-state index in [0.717, 1.165) is 23.4 Å². The molecule has 2 nitrogen and oxygen atoms in total. The van der Waals surface area contributed by atoms with Gasteiger partial charge in [0.25, 0.3) is 0 Å². The van der Waals surface area contributed by atoms with Crippen LogP contribution in [0.1, 0.15) is 19.0 Å². The van der Waals surface area contributed by atoms with Gasteiger partial charge >= 0.3 is 0 Å². The topological polar surface area (TPSA) is 24.9 Å². The minimum Gasteiger partial charge on any atom is -0.314 e. The van der Waals surface area contributed by atoms with E-state index in [1.165, 1.54) is 23.6 Å². The average Bonchev–Trinajstić information content (AvgIpc) is 2.85. The van der Waals surface area contributed by atoms with Crippen molar-refractivity contribution in [3.05, 3.63) is 28.5 Å². The van der Waals surface area contributed by atoms with Crippen molar-refractivity contribution in [1.29, 1.82) is 0 Å². The highest BCUT2D eigenvalue weighted by Crippen LogP contribution is 2.27. The Kier molecular flexibility index (Phi) is 5.32. The summed E-state index contributed by atoms with van der Waals surface area (Å²) in [6, 6.07) is 4.79. The number of rotatable bonds is 5. The van der Waals surface area contributed by atoms with Crippen molar-refractivity contribution in [2.75, 3.05) is 18.1 Å². The first-order valence-electron chi connectivity index (χ1n) is 6.21. The number of pyridine rings is 1. The third kappa shape index (κ3) is 3.97. The molecule has 2 unspecified atom stereocenters. The third-order valence-corrected chi connectivity index (χ3v) is 4.88. The van der Waals surface area contributed by atoms with E-state index < -0.39 is 0 Å². The normalized spacial score (nSPS) is 21.6. The molecule has 4 heteroatoms. The maximum Gasteiger partial charge on any atom is 0.0420 e. The Morgan fingerprint density at radius 3 is 3.06 bits per heavy atom. The van der Waals surface area contributed by atoms with Crippen LogP contribution in [0.4, 0.5) is 0 Å². The summed E-state index contributed by atoms with van der Waals surface area (Å²) < 4.78 is 1.05. The summed E-state index contributed by atoms with van der Waals surface area (Å²) in [4.78, 5) is 4.48. The molecule has 2 rings (SSSR count). The van der Waals surface area contributed by atoms with Crippen LogP contribution in [0.15, 0.2) is 22.8 Å². The van der Waals surface area contributed by atoms with Crippen molar-refractivity contribution < 1.29 is 0 Å². The fraction of sp³-hybridized carbons (Fsp3) is 0.615. The van der Waals surface area contributed by atoms with Crippen LogP contribution in [-0.4, -0.2) is 29.1 Å². The lowest BCUT2D eigenvalue weighted by Gasteiger charge is -2.23. The zero-order valence-corrected chi connectivity index (χ0v) is 12.6. The second-order valence-corrected chi connectivity index (χ2v) is 6.53. The van der Waals surface area contributed by atoms with Gasteiger partial charge in [0.1, 0.15) is 0 Å². The molecule has 0 bridgehead atoms. The number of thioether (sulfide) groups is 1. The zero-order chi connectivity index (χ0) is 12.1. The van der Waals surface area contributed by atoms with E-state index in [1.54, 1.807) is 0 Å². The first-order valence-corrected chi connectivity index (χ1v) is 8.16. The predicted molar refractivity (Wildman–Crippen MR) is 78.5 cm³/mol. The summed E-state index contributed by atoms with van der Waals surface area (Å²) in [5.74, 6) is 3.43. The quantitative estimate of drug-likeness (QED) is 0.904. The molecule has 17 heavy (non-hydrogen) atoms. The minimum atomic E-state index is 0.587. The fourth-order valence-electron chi connectivity index (χ4n) is 2.29. The SMILES string of the molecule is CCNC(Cc1ccc(Br)cn1)C1CCSC1. The molecule has 0 amide bonds. The van der Waals surface area contributed by atoms with Gasteiger partial charge in [-0.15, -0.1) is 0 Å². The molecule has 1 aromatic rings. The van der Waals surface area contributed by atoms with Gasteiger partial charge in [-0.1, -0.05) is 6.92 Å².